The van der Waals surface area contributed by atoms with E-state index in [-0.39, 0.29) is 24.0 Å². The van der Waals surface area contributed by atoms with Gasteiger partial charge in [0.2, 0.25) is 11.8 Å². The third-order valence-corrected chi connectivity index (χ3v) is 5.31. The molecule has 1 N–H and O–H groups in total. The number of furan rings is 1. The van der Waals surface area contributed by atoms with Crippen molar-refractivity contribution in [2.75, 3.05) is 5.75 Å². The molecule has 0 unspecified atom stereocenters. The van der Waals surface area contributed by atoms with Gasteiger partial charge in [-0.15, -0.1) is 0 Å². The molecule has 1 aromatic carbocycles. The van der Waals surface area contributed by atoms with Gasteiger partial charge in [-0.1, -0.05) is 19.1 Å². The number of nitrogens with one attached hydrogen (secondary N) is 1. The minimum Gasteiger partial charge on any atom is -0.467 e. The number of aromatic nitrogens is 1. The third-order valence-electron chi connectivity index (χ3n) is 4.13. The van der Waals surface area contributed by atoms with Crippen molar-refractivity contribution in [3.8, 4) is 11.5 Å². The third kappa shape index (κ3) is 5.17. The second kappa shape index (κ2) is 8.81. The molecular formula is C20H22N2O4S. The van der Waals surface area contributed by atoms with Gasteiger partial charge in [0.15, 0.2) is 0 Å². The normalized spacial score (nSPS) is 12.1. The standard InChI is InChI=1S/C20H22N2O4S/c1-3-15-6-8-16(9-7-15)20-22-18(14(2)26-20)12-27(24)13-19(23)21-11-17-5-4-10-25-17/h4-10H,3,11-13H2,1-2H3,(H,21,23)/t27-/m0/s1. The minimum absolute atomic E-state index is 0.0897. The summed E-state index contributed by atoms with van der Waals surface area (Å²) in [6.07, 6.45) is 2.51. The van der Waals surface area contributed by atoms with E-state index in [0.717, 1.165) is 12.0 Å². The maximum atomic E-state index is 12.3. The fraction of sp³-hybridized carbons (Fsp3) is 0.300. The zero-order valence-corrected chi connectivity index (χ0v) is 16.2. The molecule has 0 saturated heterocycles. The number of hydrogen-bond donors (Lipinski definition) is 1. The Morgan fingerprint density at radius 1 is 1.22 bits per heavy atom. The molecule has 0 aliphatic carbocycles. The molecule has 1 amide bonds. The zero-order chi connectivity index (χ0) is 19.2. The Labute approximate surface area is 160 Å². The number of oxazole rings is 1. The average molecular weight is 386 g/mol. The Morgan fingerprint density at radius 3 is 2.67 bits per heavy atom. The van der Waals surface area contributed by atoms with E-state index >= 15 is 0 Å². The van der Waals surface area contributed by atoms with E-state index < -0.39 is 10.8 Å². The summed E-state index contributed by atoms with van der Waals surface area (Å²) in [7, 11) is -1.37. The van der Waals surface area contributed by atoms with Crippen LogP contribution in [0.1, 0.15) is 29.7 Å². The number of amides is 1. The SMILES string of the molecule is CCc1ccc(-c2nc(C[S@](=O)CC(=O)NCc3ccco3)c(C)o2)cc1. The van der Waals surface area contributed by atoms with E-state index in [0.29, 0.717) is 23.1 Å². The lowest BCUT2D eigenvalue weighted by Crippen LogP contribution is -2.28. The van der Waals surface area contributed by atoms with Crippen molar-refractivity contribution in [1.29, 1.82) is 0 Å². The molecule has 0 aliphatic heterocycles. The quantitative estimate of drug-likeness (QED) is 0.641. The summed E-state index contributed by atoms with van der Waals surface area (Å²) >= 11 is 0. The van der Waals surface area contributed by atoms with Crippen molar-refractivity contribution < 1.29 is 17.8 Å². The fourth-order valence-corrected chi connectivity index (χ4v) is 3.64. The van der Waals surface area contributed by atoms with Crippen LogP contribution in [-0.2, 0) is 34.3 Å². The van der Waals surface area contributed by atoms with Crippen LogP contribution in [-0.4, -0.2) is 20.9 Å². The highest BCUT2D eigenvalue weighted by Gasteiger charge is 2.16. The molecule has 0 bridgehead atoms. The monoisotopic (exact) mass is 386 g/mol. The molecular weight excluding hydrogens is 364 g/mol. The first-order chi connectivity index (χ1) is 13.0. The van der Waals surface area contributed by atoms with Crippen LogP contribution in [0.5, 0.6) is 0 Å². The predicted molar refractivity (Wildman–Crippen MR) is 103 cm³/mol. The first kappa shape index (κ1) is 19.1. The van der Waals surface area contributed by atoms with Crippen LogP contribution in [0.2, 0.25) is 0 Å². The first-order valence-corrected chi connectivity index (χ1v) is 10.2. The van der Waals surface area contributed by atoms with Crippen LogP contribution >= 0.6 is 0 Å². The highest BCUT2D eigenvalue weighted by Crippen LogP contribution is 2.23. The van der Waals surface area contributed by atoms with E-state index in [1.807, 2.05) is 24.3 Å². The molecule has 2 aromatic heterocycles. The van der Waals surface area contributed by atoms with Crippen molar-refractivity contribution >= 4 is 16.7 Å². The van der Waals surface area contributed by atoms with E-state index in [1.54, 1.807) is 25.3 Å². The summed E-state index contributed by atoms with van der Waals surface area (Å²) in [5.41, 5.74) is 2.73. The van der Waals surface area contributed by atoms with E-state index in [4.69, 9.17) is 8.83 Å². The average Bonchev–Trinajstić information content (AvgIpc) is 3.30. The second-order valence-electron chi connectivity index (χ2n) is 6.16. The summed E-state index contributed by atoms with van der Waals surface area (Å²) in [5.74, 6) is 1.57. The number of rotatable bonds is 8. The summed E-state index contributed by atoms with van der Waals surface area (Å²) in [6.45, 7) is 4.17. The number of benzene rings is 1. The molecule has 142 valence electrons. The smallest absolute Gasteiger partial charge is 0.233 e. The Hall–Kier alpha value is -2.67. The van der Waals surface area contributed by atoms with E-state index in [1.165, 1.54) is 5.56 Å². The molecule has 27 heavy (non-hydrogen) atoms. The van der Waals surface area contributed by atoms with Gasteiger partial charge in [0.05, 0.1) is 24.3 Å². The molecule has 1 atom stereocenters. The molecule has 0 spiro atoms. The van der Waals surface area contributed by atoms with Crippen molar-refractivity contribution in [3.63, 3.8) is 0 Å². The van der Waals surface area contributed by atoms with Crippen LogP contribution < -0.4 is 5.32 Å². The Kier molecular flexibility index (Phi) is 6.24. The van der Waals surface area contributed by atoms with Crippen LogP contribution in [0.3, 0.4) is 0 Å². The topological polar surface area (TPSA) is 85.3 Å². The number of carbonyl (C=O) groups is 1. The summed E-state index contributed by atoms with van der Waals surface area (Å²) in [4.78, 5) is 16.4. The Morgan fingerprint density at radius 2 is 2.00 bits per heavy atom. The van der Waals surface area contributed by atoms with E-state index in [9.17, 15) is 9.00 Å². The van der Waals surface area contributed by atoms with Gasteiger partial charge in [-0.2, -0.15) is 0 Å². The first-order valence-electron chi connectivity index (χ1n) is 8.75. The molecule has 0 radical (unpaired) electrons. The Balaban J connectivity index is 1.57. The van der Waals surface area contributed by atoms with Crippen molar-refractivity contribution in [2.24, 2.45) is 0 Å². The fourth-order valence-electron chi connectivity index (χ4n) is 2.57. The van der Waals surface area contributed by atoms with Gasteiger partial charge in [0.25, 0.3) is 0 Å². The highest BCUT2D eigenvalue weighted by atomic mass is 32.2. The van der Waals surface area contributed by atoms with Gasteiger partial charge >= 0.3 is 0 Å². The highest BCUT2D eigenvalue weighted by molar-refractivity contribution is 7.84. The number of carbonyl (C=O) groups excluding carboxylic acids is 1. The van der Waals surface area contributed by atoms with Gasteiger partial charge in [-0.25, -0.2) is 4.98 Å². The van der Waals surface area contributed by atoms with E-state index in [2.05, 4.69) is 17.2 Å². The van der Waals surface area contributed by atoms with Crippen molar-refractivity contribution in [2.45, 2.75) is 32.6 Å². The summed E-state index contributed by atoms with van der Waals surface area (Å²) in [6, 6.07) is 11.5. The molecule has 0 fully saturated rings. The van der Waals surface area contributed by atoms with Gasteiger partial charge in [-0.3, -0.25) is 9.00 Å². The van der Waals surface area contributed by atoms with Gasteiger partial charge in [-0.05, 0) is 43.2 Å². The van der Waals surface area contributed by atoms with Gasteiger partial charge < -0.3 is 14.2 Å². The summed E-state index contributed by atoms with van der Waals surface area (Å²) in [5, 5.41) is 2.69. The van der Waals surface area contributed by atoms with Crippen molar-refractivity contribution in [3.05, 3.63) is 65.4 Å². The summed E-state index contributed by atoms with van der Waals surface area (Å²) < 4.78 is 23.2. The molecule has 6 nitrogen and oxygen atoms in total. The lowest BCUT2D eigenvalue weighted by atomic mass is 10.1. The van der Waals surface area contributed by atoms with Gasteiger partial charge in [0.1, 0.15) is 17.3 Å². The van der Waals surface area contributed by atoms with Crippen LogP contribution in [0.4, 0.5) is 0 Å². The van der Waals surface area contributed by atoms with Gasteiger partial charge in [0, 0.05) is 16.4 Å². The minimum atomic E-state index is -1.37. The molecule has 0 saturated carbocycles. The Bertz CT molecular complexity index is 914. The second-order valence-corrected chi connectivity index (χ2v) is 7.61. The zero-order valence-electron chi connectivity index (χ0n) is 15.4. The van der Waals surface area contributed by atoms with Crippen LogP contribution in [0, 0.1) is 6.92 Å². The molecule has 7 heteroatoms. The largest absolute Gasteiger partial charge is 0.467 e. The molecule has 3 aromatic rings. The van der Waals surface area contributed by atoms with Crippen LogP contribution in [0.15, 0.2) is 51.5 Å². The van der Waals surface area contributed by atoms with Crippen molar-refractivity contribution in [1.82, 2.24) is 10.3 Å². The predicted octanol–water partition coefficient (Wildman–Crippen LogP) is 3.37. The van der Waals surface area contributed by atoms with Crippen LogP contribution in [0.25, 0.3) is 11.5 Å². The maximum absolute atomic E-state index is 12.3. The maximum Gasteiger partial charge on any atom is 0.233 e. The number of nitrogens with zero attached hydrogens (tertiary/aromatic N) is 1. The molecule has 2 heterocycles. The molecule has 0 aliphatic rings. The number of aryl methyl sites for hydroxylation is 2. The number of hydrogen-bond acceptors (Lipinski definition) is 5. The molecule has 3 rings (SSSR count). The lowest BCUT2D eigenvalue weighted by Gasteiger charge is -2.03. The lowest BCUT2D eigenvalue weighted by molar-refractivity contribution is -0.118.